The molecule has 0 heterocycles. The van der Waals surface area contributed by atoms with Gasteiger partial charge < -0.3 is 14.8 Å². The highest BCUT2D eigenvalue weighted by atomic mass is 16.5. The van der Waals surface area contributed by atoms with E-state index in [1.165, 1.54) is 5.56 Å². The summed E-state index contributed by atoms with van der Waals surface area (Å²) in [5, 5.41) is 3.13. The predicted molar refractivity (Wildman–Crippen MR) is 70.4 cm³/mol. The lowest BCUT2D eigenvalue weighted by Crippen LogP contribution is -2.22. The maximum atomic E-state index is 5.72. The summed E-state index contributed by atoms with van der Waals surface area (Å²) >= 11 is 0. The van der Waals surface area contributed by atoms with E-state index in [1.54, 1.807) is 0 Å². The number of para-hydroxylation sites is 1. The Balaban J connectivity index is 2.41. The van der Waals surface area contributed by atoms with Crippen LogP contribution in [-0.2, 0) is 11.3 Å². The topological polar surface area (TPSA) is 30.5 Å². The van der Waals surface area contributed by atoms with E-state index < -0.39 is 0 Å². The van der Waals surface area contributed by atoms with Crippen molar-refractivity contribution in [2.24, 2.45) is 0 Å². The number of hydrogen-bond acceptors (Lipinski definition) is 3. The Kier molecular flexibility index (Phi) is 5.45. The summed E-state index contributed by atoms with van der Waals surface area (Å²) in [6, 6.07) is 8.06. The molecule has 0 radical (unpaired) electrons. The van der Waals surface area contributed by atoms with Gasteiger partial charge in [-0.1, -0.05) is 18.2 Å². The minimum absolute atomic E-state index is 0.103. The summed E-state index contributed by atoms with van der Waals surface area (Å²) in [6.07, 6.45) is 0. The fraction of sp³-hybridized carbons (Fsp3) is 0.571. The van der Waals surface area contributed by atoms with Crippen LogP contribution >= 0.6 is 0 Å². The molecular weight excluding hydrogens is 214 g/mol. The van der Waals surface area contributed by atoms with Gasteiger partial charge >= 0.3 is 0 Å². The van der Waals surface area contributed by atoms with Gasteiger partial charge in [-0.25, -0.2) is 0 Å². The number of benzene rings is 1. The first-order valence-electron chi connectivity index (χ1n) is 6.02. The molecule has 0 bridgehead atoms. The van der Waals surface area contributed by atoms with Crippen LogP contribution in [0.5, 0.6) is 5.75 Å². The highest BCUT2D eigenvalue weighted by Gasteiger charge is 2.09. The maximum Gasteiger partial charge on any atom is 0.123 e. The molecular formula is C14H23NO2. The average Bonchev–Trinajstić information content (AvgIpc) is 2.25. The molecule has 3 nitrogen and oxygen atoms in total. The molecule has 0 atom stereocenters. The molecule has 0 aliphatic carbocycles. The molecule has 0 aliphatic rings. The Labute approximate surface area is 104 Å². The van der Waals surface area contributed by atoms with E-state index in [9.17, 15) is 0 Å². The SMILES string of the molecule is CNCc1ccccc1OCCOC(C)(C)C. The molecule has 0 spiro atoms. The molecule has 0 aliphatic heterocycles. The lowest BCUT2D eigenvalue weighted by molar-refractivity contribution is -0.0164. The second-order valence-electron chi connectivity index (χ2n) is 4.95. The average molecular weight is 237 g/mol. The second kappa shape index (κ2) is 6.62. The van der Waals surface area contributed by atoms with Crippen LogP contribution in [0.1, 0.15) is 26.3 Å². The van der Waals surface area contributed by atoms with Crippen molar-refractivity contribution in [1.82, 2.24) is 5.32 Å². The molecule has 3 heteroatoms. The van der Waals surface area contributed by atoms with Crippen molar-refractivity contribution in [1.29, 1.82) is 0 Å². The predicted octanol–water partition coefficient (Wildman–Crippen LogP) is 2.60. The van der Waals surface area contributed by atoms with E-state index in [1.807, 2.05) is 46.0 Å². The van der Waals surface area contributed by atoms with Crippen LogP contribution in [0.15, 0.2) is 24.3 Å². The number of nitrogens with one attached hydrogen (secondary N) is 1. The quantitative estimate of drug-likeness (QED) is 0.771. The molecule has 1 rings (SSSR count). The minimum atomic E-state index is -0.103. The van der Waals surface area contributed by atoms with Gasteiger partial charge in [-0.2, -0.15) is 0 Å². The Morgan fingerprint density at radius 2 is 1.82 bits per heavy atom. The van der Waals surface area contributed by atoms with Gasteiger partial charge in [-0.3, -0.25) is 0 Å². The second-order valence-corrected chi connectivity index (χ2v) is 4.95. The zero-order valence-electron chi connectivity index (χ0n) is 11.2. The van der Waals surface area contributed by atoms with Crippen molar-refractivity contribution in [3.63, 3.8) is 0 Å². The Hall–Kier alpha value is -1.06. The summed E-state index contributed by atoms with van der Waals surface area (Å²) in [6.45, 7) is 8.14. The van der Waals surface area contributed by atoms with Crippen LogP contribution < -0.4 is 10.1 Å². The smallest absolute Gasteiger partial charge is 0.123 e. The summed E-state index contributed by atoms with van der Waals surface area (Å²) in [7, 11) is 1.93. The molecule has 1 aromatic rings. The third-order valence-corrected chi connectivity index (χ3v) is 2.22. The molecule has 0 fully saturated rings. The fourth-order valence-corrected chi connectivity index (χ4v) is 1.48. The van der Waals surface area contributed by atoms with Crippen molar-refractivity contribution in [3.8, 4) is 5.75 Å². The van der Waals surface area contributed by atoms with Crippen LogP contribution in [-0.4, -0.2) is 25.9 Å². The Morgan fingerprint density at radius 1 is 1.12 bits per heavy atom. The van der Waals surface area contributed by atoms with Crippen molar-refractivity contribution in [2.75, 3.05) is 20.3 Å². The number of hydrogen-bond donors (Lipinski definition) is 1. The molecule has 96 valence electrons. The van der Waals surface area contributed by atoms with Crippen molar-refractivity contribution < 1.29 is 9.47 Å². The van der Waals surface area contributed by atoms with Gasteiger partial charge in [0.25, 0.3) is 0 Å². The standard InChI is InChI=1S/C14H23NO2/c1-14(2,3)17-10-9-16-13-8-6-5-7-12(13)11-15-4/h5-8,15H,9-11H2,1-4H3. The Bertz CT molecular complexity index is 331. The lowest BCUT2D eigenvalue weighted by atomic mass is 10.2. The van der Waals surface area contributed by atoms with E-state index >= 15 is 0 Å². The summed E-state index contributed by atoms with van der Waals surface area (Å²) in [5.74, 6) is 0.930. The first-order valence-corrected chi connectivity index (χ1v) is 6.02. The summed E-state index contributed by atoms with van der Waals surface area (Å²) in [5.41, 5.74) is 1.07. The van der Waals surface area contributed by atoms with Gasteiger partial charge in [0.15, 0.2) is 0 Å². The van der Waals surface area contributed by atoms with Gasteiger partial charge in [0.05, 0.1) is 12.2 Å². The molecule has 0 saturated carbocycles. The van der Waals surface area contributed by atoms with Gasteiger partial charge in [0.2, 0.25) is 0 Å². The molecule has 0 saturated heterocycles. The highest BCUT2D eigenvalue weighted by Crippen LogP contribution is 2.17. The van der Waals surface area contributed by atoms with E-state index in [4.69, 9.17) is 9.47 Å². The van der Waals surface area contributed by atoms with Crippen LogP contribution in [0, 0.1) is 0 Å². The fourth-order valence-electron chi connectivity index (χ4n) is 1.48. The van der Waals surface area contributed by atoms with Gasteiger partial charge in [0, 0.05) is 12.1 Å². The molecule has 0 unspecified atom stereocenters. The highest BCUT2D eigenvalue weighted by molar-refractivity contribution is 5.33. The van der Waals surface area contributed by atoms with Crippen LogP contribution in [0.25, 0.3) is 0 Å². The molecule has 1 aromatic carbocycles. The third-order valence-electron chi connectivity index (χ3n) is 2.22. The largest absolute Gasteiger partial charge is 0.491 e. The first kappa shape index (κ1) is 14.0. The van der Waals surface area contributed by atoms with Gasteiger partial charge in [0.1, 0.15) is 12.4 Å². The van der Waals surface area contributed by atoms with E-state index in [0.29, 0.717) is 13.2 Å². The minimum Gasteiger partial charge on any atom is -0.491 e. The Morgan fingerprint density at radius 3 is 2.47 bits per heavy atom. The van der Waals surface area contributed by atoms with Crippen LogP contribution in [0.4, 0.5) is 0 Å². The molecule has 1 N–H and O–H groups in total. The van der Waals surface area contributed by atoms with E-state index in [-0.39, 0.29) is 5.60 Å². The summed E-state index contributed by atoms with van der Waals surface area (Å²) < 4.78 is 11.3. The van der Waals surface area contributed by atoms with Crippen molar-refractivity contribution in [2.45, 2.75) is 32.9 Å². The van der Waals surface area contributed by atoms with Crippen LogP contribution in [0.2, 0.25) is 0 Å². The lowest BCUT2D eigenvalue weighted by Gasteiger charge is -2.20. The van der Waals surface area contributed by atoms with Crippen LogP contribution in [0.3, 0.4) is 0 Å². The third kappa shape index (κ3) is 5.71. The normalized spacial score (nSPS) is 11.5. The first-order chi connectivity index (χ1) is 8.03. The zero-order chi connectivity index (χ0) is 12.7. The monoisotopic (exact) mass is 237 g/mol. The number of ether oxygens (including phenoxy) is 2. The van der Waals surface area contributed by atoms with E-state index in [0.717, 1.165) is 12.3 Å². The van der Waals surface area contributed by atoms with Crippen molar-refractivity contribution in [3.05, 3.63) is 29.8 Å². The molecule has 0 amide bonds. The van der Waals surface area contributed by atoms with Gasteiger partial charge in [-0.05, 0) is 33.9 Å². The summed E-state index contributed by atoms with van der Waals surface area (Å²) in [4.78, 5) is 0. The molecule has 17 heavy (non-hydrogen) atoms. The van der Waals surface area contributed by atoms with Crippen molar-refractivity contribution >= 4 is 0 Å². The molecule has 0 aromatic heterocycles. The zero-order valence-corrected chi connectivity index (χ0v) is 11.2. The number of rotatable bonds is 6. The van der Waals surface area contributed by atoms with E-state index in [2.05, 4.69) is 11.4 Å². The maximum absolute atomic E-state index is 5.72. The van der Waals surface area contributed by atoms with Gasteiger partial charge in [-0.15, -0.1) is 0 Å².